The third-order valence-electron chi connectivity index (χ3n) is 3.89. The van der Waals surface area contributed by atoms with Crippen LogP contribution in [0.4, 0.5) is 10.5 Å². The van der Waals surface area contributed by atoms with Crippen LogP contribution < -0.4 is 10.6 Å². The van der Waals surface area contributed by atoms with Crippen LogP contribution in [0.15, 0.2) is 42.7 Å². The number of nitrogens with zero attached hydrogens (tertiary/aromatic N) is 1. The Kier molecular flexibility index (Phi) is 5.57. The summed E-state index contributed by atoms with van der Waals surface area (Å²) in [5.74, 6) is 0. The predicted molar refractivity (Wildman–Crippen MR) is 96.1 cm³/mol. The molecule has 0 bridgehead atoms. The number of carbonyl (C=O) groups is 1. The van der Waals surface area contributed by atoms with Crippen LogP contribution >= 0.6 is 0 Å². The molecule has 1 heterocycles. The molecule has 2 rings (SSSR count). The van der Waals surface area contributed by atoms with E-state index in [2.05, 4.69) is 36.4 Å². The number of urea groups is 1. The lowest BCUT2D eigenvalue weighted by Gasteiger charge is -2.20. The van der Waals surface area contributed by atoms with Gasteiger partial charge in [0.05, 0.1) is 6.10 Å². The zero-order valence-electron chi connectivity index (χ0n) is 14.6. The average Bonchev–Trinajstić information content (AvgIpc) is 2.54. The number of rotatable bonds is 4. The van der Waals surface area contributed by atoms with Crippen molar-refractivity contribution < 1.29 is 9.90 Å². The standard InChI is InChI=1S/C19H25N3O2/c1-13-11-20-10-9-16(13)22-18(24)21-12-17(23)14-5-7-15(8-6-14)19(2,3)4/h5-11,17,23H,12H2,1-4H3,(H2,20,21,22,24). The Morgan fingerprint density at radius 3 is 2.46 bits per heavy atom. The number of aliphatic hydroxyl groups excluding tert-OH is 1. The smallest absolute Gasteiger partial charge is 0.319 e. The molecule has 5 nitrogen and oxygen atoms in total. The number of carbonyl (C=O) groups excluding carboxylic acids is 1. The Hall–Kier alpha value is -2.40. The highest BCUT2D eigenvalue weighted by molar-refractivity contribution is 5.89. The second-order valence-corrected chi connectivity index (χ2v) is 6.91. The number of aryl methyl sites for hydroxylation is 1. The fourth-order valence-corrected chi connectivity index (χ4v) is 2.29. The van der Waals surface area contributed by atoms with Crippen LogP contribution in [0.2, 0.25) is 0 Å². The van der Waals surface area contributed by atoms with E-state index < -0.39 is 6.10 Å². The molecular weight excluding hydrogens is 302 g/mol. The molecule has 1 aromatic carbocycles. The minimum atomic E-state index is -0.747. The van der Waals surface area contributed by atoms with Gasteiger partial charge in [0, 0.05) is 24.6 Å². The summed E-state index contributed by atoms with van der Waals surface area (Å²) in [5.41, 5.74) is 3.64. The summed E-state index contributed by atoms with van der Waals surface area (Å²) in [5, 5.41) is 15.7. The van der Waals surface area contributed by atoms with Gasteiger partial charge < -0.3 is 15.7 Å². The van der Waals surface area contributed by atoms with Crippen LogP contribution in [-0.4, -0.2) is 22.7 Å². The van der Waals surface area contributed by atoms with Crippen molar-refractivity contribution in [3.63, 3.8) is 0 Å². The van der Waals surface area contributed by atoms with E-state index in [0.29, 0.717) is 5.69 Å². The molecule has 0 saturated carbocycles. The molecule has 0 aliphatic rings. The first kappa shape index (κ1) is 17.9. The van der Waals surface area contributed by atoms with Gasteiger partial charge in [-0.25, -0.2) is 4.79 Å². The highest BCUT2D eigenvalue weighted by Crippen LogP contribution is 2.23. The van der Waals surface area contributed by atoms with Crippen LogP contribution in [0.3, 0.4) is 0 Å². The molecule has 1 unspecified atom stereocenters. The molecule has 2 amide bonds. The first-order valence-electron chi connectivity index (χ1n) is 8.01. The number of anilines is 1. The van der Waals surface area contributed by atoms with Crippen molar-refractivity contribution in [3.8, 4) is 0 Å². The zero-order valence-corrected chi connectivity index (χ0v) is 14.6. The minimum Gasteiger partial charge on any atom is -0.387 e. The maximum absolute atomic E-state index is 11.9. The van der Waals surface area contributed by atoms with E-state index in [-0.39, 0.29) is 18.0 Å². The molecule has 0 spiro atoms. The molecule has 0 fully saturated rings. The molecule has 0 aliphatic heterocycles. The normalized spacial score (nSPS) is 12.5. The molecule has 5 heteroatoms. The summed E-state index contributed by atoms with van der Waals surface area (Å²) in [6.45, 7) is 8.45. The molecule has 24 heavy (non-hydrogen) atoms. The minimum absolute atomic E-state index is 0.0734. The molecule has 3 N–H and O–H groups in total. The van der Waals surface area contributed by atoms with Gasteiger partial charge in [0.15, 0.2) is 0 Å². The molecular formula is C19H25N3O2. The van der Waals surface area contributed by atoms with Crippen molar-refractivity contribution in [2.24, 2.45) is 0 Å². The van der Waals surface area contributed by atoms with Gasteiger partial charge in [0.1, 0.15) is 0 Å². The van der Waals surface area contributed by atoms with Gasteiger partial charge in [-0.15, -0.1) is 0 Å². The Balaban J connectivity index is 1.89. The van der Waals surface area contributed by atoms with E-state index in [1.807, 2.05) is 31.2 Å². The number of amides is 2. The summed E-state index contributed by atoms with van der Waals surface area (Å²) in [7, 11) is 0. The number of aromatic nitrogens is 1. The number of hydrogen-bond donors (Lipinski definition) is 3. The third-order valence-corrected chi connectivity index (χ3v) is 3.89. The van der Waals surface area contributed by atoms with Crippen LogP contribution in [0.1, 0.15) is 43.6 Å². The van der Waals surface area contributed by atoms with Crippen LogP contribution in [-0.2, 0) is 5.41 Å². The summed E-state index contributed by atoms with van der Waals surface area (Å²) >= 11 is 0. The maximum Gasteiger partial charge on any atom is 0.319 e. The largest absolute Gasteiger partial charge is 0.387 e. The van der Waals surface area contributed by atoms with Crippen molar-refractivity contribution >= 4 is 11.7 Å². The van der Waals surface area contributed by atoms with Crippen LogP contribution in [0.5, 0.6) is 0 Å². The van der Waals surface area contributed by atoms with Gasteiger partial charge >= 0.3 is 6.03 Å². The lowest BCUT2D eigenvalue weighted by Crippen LogP contribution is -2.32. The first-order valence-corrected chi connectivity index (χ1v) is 8.01. The van der Waals surface area contributed by atoms with E-state index >= 15 is 0 Å². The zero-order chi connectivity index (χ0) is 17.7. The molecule has 0 saturated heterocycles. The fourth-order valence-electron chi connectivity index (χ4n) is 2.29. The summed E-state index contributed by atoms with van der Waals surface area (Å²) in [6.07, 6.45) is 2.55. The van der Waals surface area contributed by atoms with Crippen LogP contribution in [0.25, 0.3) is 0 Å². The first-order chi connectivity index (χ1) is 11.3. The highest BCUT2D eigenvalue weighted by atomic mass is 16.3. The number of hydrogen-bond acceptors (Lipinski definition) is 3. The van der Waals surface area contributed by atoms with Crippen molar-refractivity contribution in [1.29, 1.82) is 0 Å². The topological polar surface area (TPSA) is 74.2 Å². The SMILES string of the molecule is Cc1cnccc1NC(=O)NCC(O)c1ccc(C(C)(C)C)cc1. The number of aliphatic hydroxyl groups is 1. The van der Waals surface area contributed by atoms with E-state index in [1.165, 1.54) is 5.56 Å². The predicted octanol–water partition coefficient (Wildman–Crippen LogP) is 3.54. The lowest BCUT2D eigenvalue weighted by atomic mass is 9.86. The van der Waals surface area contributed by atoms with Crippen LogP contribution in [0, 0.1) is 6.92 Å². The number of nitrogens with one attached hydrogen (secondary N) is 2. The quantitative estimate of drug-likeness (QED) is 0.804. The van der Waals surface area contributed by atoms with Gasteiger partial charge in [-0.1, -0.05) is 45.0 Å². The van der Waals surface area contributed by atoms with E-state index in [9.17, 15) is 9.90 Å². The molecule has 128 valence electrons. The van der Waals surface area contributed by atoms with E-state index in [4.69, 9.17) is 0 Å². The summed E-state index contributed by atoms with van der Waals surface area (Å²) < 4.78 is 0. The Labute approximate surface area is 143 Å². The van der Waals surface area contributed by atoms with Gasteiger partial charge in [0.2, 0.25) is 0 Å². The second-order valence-electron chi connectivity index (χ2n) is 6.91. The summed E-state index contributed by atoms with van der Waals surface area (Å²) in [6, 6.07) is 9.21. The van der Waals surface area contributed by atoms with E-state index in [0.717, 1.165) is 11.1 Å². The second kappa shape index (κ2) is 7.45. The van der Waals surface area contributed by atoms with Crippen molar-refractivity contribution in [3.05, 3.63) is 59.4 Å². The highest BCUT2D eigenvalue weighted by Gasteiger charge is 2.15. The van der Waals surface area contributed by atoms with Gasteiger partial charge in [-0.05, 0) is 35.1 Å². The fraction of sp³-hybridized carbons (Fsp3) is 0.368. The molecule has 0 aliphatic carbocycles. The van der Waals surface area contributed by atoms with Crippen molar-refractivity contribution in [1.82, 2.24) is 10.3 Å². The monoisotopic (exact) mass is 327 g/mol. The number of benzene rings is 1. The molecule has 2 aromatic rings. The van der Waals surface area contributed by atoms with Gasteiger partial charge in [0.25, 0.3) is 0 Å². The van der Waals surface area contributed by atoms with Crippen molar-refractivity contribution in [2.45, 2.75) is 39.2 Å². The Morgan fingerprint density at radius 1 is 1.21 bits per heavy atom. The Morgan fingerprint density at radius 2 is 1.88 bits per heavy atom. The third kappa shape index (κ3) is 4.80. The maximum atomic E-state index is 11.9. The molecule has 1 atom stereocenters. The van der Waals surface area contributed by atoms with Crippen molar-refractivity contribution in [2.75, 3.05) is 11.9 Å². The average molecular weight is 327 g/mol. The van der Waals surface area contributed by atoms with E-state index in [1.54, 1.807) is 18.5 Å². The molecule has 0 radical (unpaired) electrons. The summed E-state index contributed by atoms with van der Waals surface area (Å²) in [4.78, 5) is 15.9. The molecule has 1 aromatic heterocycles. The number of pyridine rings is 1. The van der Waals surface area contributed by atoms with Gasteiger partial charge in [-0.2, -0.15) is 0 Å². The Bertz CT molecular complexity index is 691. The lowest BCUT2D eigenvalue weighted by molar-refractivity contribution is 0.175. The van der Waals surface area contributed by atoms with Gasteiger partial charge in [-0.3, -0.25) is 4.98 Å².